The van der Waals surface area contributed by atoms with Gasteiger partial charge in [0, 0.05) is 30.3 Å². The fraction of sp³-hybridized carbons (Fsp3) is 0.429. The number of aliphatic hydroxyl groups excluding tert-OH is 1. The molecule has 0 atom stereocenters. The SMILES string of the molecule is CCc1cn(CCCCO)c2ccccc12. The van der Waals surface area contributed by atoms with E-state index >= 15 is 0 Å². The molecule has 2 nitrogen and oxygen atoms in total. The summed E-state index contributed by atoms with van der Waals surface area (Å²) in [5, 5.41) is 10.2. The van der Waals surface area contributed by atoms with Gasteiger partial charge in [0.05, 0.1) is 0 Å². The zero-order valence-electron chi connectivity index (χ0n) is 9.82. The molecular weight excluding hydrogens is 198 g/mol. The molecule has 1 aromatic carbocycles. The Morgan fingerprint density at radius 3 is 2.75 bits per heavy atom. The number of nitrogens with zero attached hydrogens (tertiary/aromatic N) is 1. The summed E-state index contributed by atoms with van der Waals surface area (Å²) in [6.07, 6.45) is 5.25. The van der Waals surface area contributed by atoms with Gasteiger partial charge in [0.2, 0.25) is 0 Å². The van der Waals surface area contributed by atoms with Crippen molar-refractivity contribution in [2.75, 3.05) is 6.61 Å². The molecule has 16 heavy (non-hydrogen) atoms. The van der Waals surface area contributed by atoms with Crippen LogP contribution in [0.25, 0.3) is 10.9 Å². The minimum atomic E-state index is 0.292. The third-order valence-electron chi connectivity index (χ3n) is 3.06. The Morgan fingerprint density at radius 2 is 2.00 bits per heavy atom. The Hall–Kier alpha value is -1.28. The first-order chi connectivity index (χ1) is 7.86. The topological polar surface area (TPSA) is 25.2 Å². The summed E-state index contributed by atoms with van der Waals surface area (Å²) >= 11 is 0. The van der Waals surface area contributed by atoms with E-state index < -0.39 is 0 Å². The predicted octanol–water partition coefficient (Wildman–Crippen LogP) is 2.98. The standard InChI is InChI=1S/C14H19NO/c1-2-12-11-15(9-5-6-10-16)14-8-4-3-7-13(12)14/h3-4,7-8,11,16H,2,5-6,9-10H2,1H3. The lowest BCUT2D eigenvalue weighted by Crippen LogP contribution is -1.97. The molecule has 2 rings (SSSR count). The van der Waals surface area contributed by atoms with Crippen LogP contribution in [-0.2, 0) is 13.0 Å². The molecule has 1 aromatic heterocycles. The maximum atomic E-state index is 8.80. The van der Waals surface area contributed by atoms with E-state index in [1.807, 2.05) is 0 Å². The molecule has 2 aromatic rings. The first kappa shape index (κ1) is 11.2. The second-order valence-electron chi connectivity index (χ2n) is 4.15. The predicted molar refractivity (Wildman–Crippen MR) is 67.6 cm³/mol. The van der Waals surface area contributed by atoms with Gasteiger partial charge in [-0.05, 0) is 30.9 Å². The molecule has 0 saturated heterocycles. The van der Waals surface area contributed by atoms with Gasteiger partial charge >= 0.3 is 0 Å². The maximum Gasteiger partial charge on any atom is 0.0483 e. The molecule has 0 aliphatic carbocycles. The van der Waals surface area contributed by atoms with Crippen LogP contribution in [0.4, 0.5) is 0 Å². The lowest BCUT2D eigenvalue weighted by atomic mass is 10.1. The van der Waals surface area contributed by atoms with Gasteiger partial charge in [0.1, 0.15) is 0 Å². The van der Waals surface area contributed by atoms with Crippen LogP contribution >= 0.6 is 0 Å². The molecule has 0 spiro atoms. The van der Waals surface area contributed by atoms with Gasteiger partial charge in [0.25, 0.3) is 0 Å². The lowest BCUT2D eigenvalue weighted by molar-refractivity contribution is 0.281. The summed E-state index contributed by atoms with van der Waals surface area (Å²) in [7, 11) is 0. The van der Waals surface area contributed by atoms with Crippen LogP contribution < -0.4 is 0 Å². The second-order valence-corrected chi connectivity index (χ2v) is 4.15. The number of hydrogen-bond donors (Lipinski definition) is 1. The molecule has 2 heteroatoms. The summed E-state index contributed by atoms with van der Waals surface area (Å²) in [6, 6.07) is 8.55. The molecule has 0 fully saturated rings. The number of fused-ring (bicyclic) bond motifs is 1. The largest absolute Gasteiger partial charge is 0.396 e. The number of aromatic nitrogens is 1. The normalized spacial score (nSPS) is 11.1. The van der Waals surface area contributed by atoms with Crippen molar-refractivity contribution < 1.29 is 5.11 Å². The quantitative estimate of drug-likeness (QED) is 0.765. The molecule has 0 saturated carbocycles. The Kier molecular flexibility index (Phi) is 3.62. The first-order valence-electron chi connectivity index (χ1n) is 6.04. The third-order valence-corrected chi connectivity index (χ3v) is 3.06. The highest BCUT2D eigenvalue weighted by Gasteiger charge is 2.05. The number of aliphatic hydroxyl groups is 1. The molecular formula is C14H19NO. The monoisotopic (exact) mass is 217 g/mol. The van der Waals surface area contributed by atoms with E-state index in [9.17, 15) is 0 Å². The van der Waals surface area contributed by atoms with E-state index in [1.165, 1.54) is 16.5 Å². The van der Waals surface area contributed by atoms with Crippen molar-refractivity contribution >= 4 is 10.9 Å². The van der Waals surface area contributed by atoms with Crippen LogP contribution in [-0.4, -0.2) is 16.3 Å². The van der Waals surface area contributed by atoms with Crippen molar-refractivity contribution in [3.05, 3.63) is 36.0 Å². The van der Waals surface area contributed by atoms with Crippen LogP contribution in [0.3, 0.4) is 0 Å². The number of rotatable bonds is 5. The molecule has 0 unspecified atom stereocenters. The van der Waals surface area contributed by atoms with E-state index in [-0.39, 0.29) is 0 Å². The van der Waals surface area contributed by atoms with E-state index in [1.54, 1.807) is 0 Å². The molecule has 0 aliphatic heterocycles. The minimum absolute atomic E-state index is 0.292. The average Bonchev–Trinajstić information content (AvgIpc) is 2.68. The summed E-state index contributed by atoms with van der Waals surface area (Å²) < 4.78 is 2.31. The van der Waals surface area contributed by atoms with E-state index in [2.05, 4.69) is 42.0 Å². The summed E-state index contributed by atoms with van der Waals surface area (Å²) in [5.41, 5.74) is 2.73. The number of unbranched alkanes of at least 4 members (excludes halogenated alkanes) is 1. The van der Waals surface area contributed by atoms with Crippen LogP contribution in [0, 0.1) is 0 Å². The highest BCUT2D eigenvalue weighted by Crippen LogP contribution is 2.22. The smallest absolute Gasteiger partial charge is 0.0483 e. The van der Waals surface area contributed by atoms with Crippen molar-refractivity contribution in [1.82, 2.24) is 4.57 Å². The van der Waals surface area contributed by atoms with Crippen LogP contribution in [0.1, 0.15) is 25.3 Å². The number of benzene rings is 1. The van der Waals surface area contributed by atoms with Crippen molar-refractivity contribution in [2.45, 2.75) is 32.7 Å². The van der Waals surface area contributed by atoms with Crippen molar-refractivity contribution in [3.63, 3.8) is 0 Å². The fourth-order valence-corrected chi connectivity index (χ4v) is 2.18. The van der Waals surface area contributed by atoms with E-state index in [4.69, 9.17) is 5.11 Å². The van der Waals surface area contributed by atoms with Gasteiger partial charge in [-0.3, -0.25) is 0 Å². The molecule has 1 N–H and O–H groups in total. The average molecular weight is 217 g/mol. The summed E-state index contributed by atoms with van der Waals surface area (Å²) in [5.74, 6) is 0. The van der Waals surface area contributed by atoms with E-state index in [0.29, 0.717) is 6.61 Å². The molecule has 0 amide bonds. The minimum Gasteiger partial charge on any atom is -0.396 e. The molecule has 0 bridgehead atoms. The number of para-hydroxylation sites is 1. The highest BCUT2D eigenvalue weighted by molar-refractivity contribution is 5.83. The van der Waals surface area contributed by atoms with E-state index in [0.717, 1.165) is 25.8 Å². The van der Waals surface area contributed by atoms with Crippen molar-refractivity contribution in [3.8, 4) is 0 Å². The van der Waals surface area contributed by atoms with Gasteiger partial charge < -0.3 is 9.67 Å². The van der Waals surface area contributed by atoms with Gasteiger partial charge in [0.15, 0.2) is 0 Å². The van der Waals surface area contributed by atoms with Crippen molar-refractivity contribution in [1.29, 1.82) is 0 Å². The van der Waals surface area contributed by atoms with Gasteiger partial charge in [-0.2, -0.15) is 0 Å². The zero-order chi connectivity index (χ0) is 11.4. The fourth-order valence-electron chi connectivity index (χ4n) is 2.18. The Morgan fingerprint density at radius 1 is 1.19 bits per heavy atom. The number of hydrogen-bond acceptors (Lipinski definition) is 1. The van der Waals surface area contributed by atoms with Gasteiger partial charge in [-0.25, -0.2) is 0 Å². The Labute approximate surface area is 96.5 Å². The zero-order valence-corrected chi connectivity index (χ0v) is 9.82. The summed E-state index contributed by atoms with van der Waals surface area (Å²) in [6.45, 7) is 3.49. The van der Waals surface area contributed by atoms with Gasteiger partial charge in [-0.1, -0.05) is 25.1 Å². The van der Waals surface area contributed by atoms with Gasteiger partial charge in [-0.15, -0.1) is 0 Å². The maximum absolute atomic E-state index is 8.80. The number of aryl methyl sites for hydroxylation is 2. The highest BCUT2D eigenvalue weighted by atomic mass is 16.2. The first-order valence-corrected chi connectivity index (χ1v) is 6.04. The molecule has 0 aliphatic rings. The van der Waals surface area contributed by atoms with Crippen LogP contribution in [0.2, 0.25) is 0 Å². The van der Waals surface area contributed by atoms with Crippen LogP contribution in [0.5, 0.6) is 0 Å². The molecule has 0 radical (unpaired) electrons. The third kappa shape index (κ3) is 2.12. The lowest BCUT2D eigenvalue weighted by Gasteiger charge is -2.03. The Bertz CT molecular complexity index is 459. The van der Waals surface area contributed by atoms with Crippen LogP contribution in [0.15, 0.2) is 30.5 Å². The Balaban J connectivity index is 2.30. The molecule has 1 heterocycles. The summed E-state index contributed by atoms with van der Waals surface area (Å²) in [4.78, 5) is 0. The second kappa shape index (κ2) is 5.17. The molecule has 86 valence electrons. The van der Waals surface area contributed by atoms with Crippen molar-refractivity contribution in [2.24, 2.45) is 0 Å².